The number of rotatable bonds is 4. The van der Waals surface area contributed by atoms with E-state index in [1.807, 2.05) is 13.0 Å². The van der Waals surface area contributed by atoms with Crippen molar-refractivity contribution >= 4 is 42.8 Å². The number of ether oxygens (including phenoxy) is 1. The number of alkyl halides is 2. The number of aromatic hydroxyl groups is 1. The molecular weight excluding hydrogens is 392 g/mol. The molecule has 0 aliphatic heterocycles. The summed E-state index contributed by atoms with van der Waals surface area (Å²) < 4.78 is 10.4. The van der Waals surface area contributed by atoms with Crippen LogP contribution in [0, 0.1) is 6.92 Å². The number of fused-ring (bicyclic) bond motifs is 1. The number of methoxy groups -OCH3 is 1. The molecule has 20 heavy (non-hydrogen) atoms. The fourth-order valence-electron chi connectivity index (χ4n) is 2.10. The number of phenols is 1. The average molecular weight is 406 g/mol. The highest BCUT2D eigenvalue weighted by Gasteiger charge is 2.19. The van der Waals surface area contributed by atoms with Crippen molar-refractivity contribution in [2.24, 2.45) is 0 Å². The van der Waals surface area contributed by atoms with Crippen molar-refractivity contribution in [1.29, 1.82) is 0 Å². The van der Waals surface area contributed by atoms with Gasteiger partial charge >= 0.3 is 5.63 Å². The van der Waals surface area contributed by atoms with E-state index in [1.54, 1.807) is 0 Å². The Morgan fingerprint density at radius 1 is 1.45 bits per heavy atom. The standard InChI is InChI=1S/C14H14Br2O4/c1-7-3-11(17)20-13-10(7)5-8(4-9(16)6-15)12(18)14(13)19-2/h3,5,9,18H,4,6H2,1-2H3. The fraction of sp³-hybridized carbons (Fsp3) is 0.357. The summed E-state index contributed by atoms with van der Waals surface area (Å²) in [5, 5.41) is 11.8. The van der Waals surface area contributed by atoms with Gasteiger partial charge in [0.2, 0.25) is 5.75 Å². The van der Waals surface area contributed by atoms with E-state index in [4.69, 9.17) is 9.15 Å². The zero-order valence-electron chi connectivity index (χ0n) is 11.1. The number of phenolic OH excluding ortho intramolecular Hbond substituents is 1. The molecule has 0 spiro atoms. The van der Waals surface area contributed by atoms with Crippen molar-refractivity contribution in [1.82, 2.24) is 0 Å². The van der Waals surface area contributed by atoms with Crippen molar-refractivity contribution in [3.05, 3.63) is 33.7 Å². The molecule has 2 aromatic rings. The molecule has 1 unspecified atom stereocenters. The SMILES string of the molecule is COc1c(O)c(CC(Br)CBr)cc2c(C)cc(=O)oc12. The molecule has 6 heteroatoms. The van der Waals surface area contributed by atoms with Gasteiger partial charge in [-0.25, -0.2) is 4.79 Å². The van der Waals surface area contributed by atoms with E-state index >= 15 is 0 Å². The highest BCUT2D eigenvalue weighted by molar-refractivity contribution is 9.12. The zero-order chi connectivity index (χ0) is 14.9. The lowest BCUT2D eigenvalue weighted by Crippen LogP contribution is -2.06. The van der Waals surface area contributed by atoms with Gasteiger partial charge in [-0.15, -0.1) is 0 Å². The lowest BCUT2D eigenvalue weighted by molar-refractivity contribution is 0.366. The van der Waals surface area contributed by atoms with Gasteiger partial charge in [0.05, 0.1) is 7.11 Å². The summed E-state index contributed by atoms with van der Waals surface area (Å²) in [5.41, 5.74) is 1.36. The summed E-state index contributed by atoms with van der Waals surface area (Å²) in [6, 6.07) is 3.26. The molecule has 0 aliphatic rings. The molecule has 4 nitrogen and oxygen atoms in total. The number of halogens is 2. The Hall–Kier alpha value is -1.01. The molecule has 0 fully saturated rings. The van der Waals surface area contributed by atoms with E-state index in [0.717, 1.165) is 21.8 Å². The van der Waals surface area contributed by atoms with Crippen molar-refractivity contribution in [2.45, 2.75) is 18.2 Å². The van der Waals surface area contributed by atoms with Gasteiger partial charge in [-0.3, -0.25) is 0 Å². The Labute approximate surface area is 133 Å². The summed E-state index contributed by atoms with van der Waals surface area (Å²) in [7, 11) is 1.44. The first kappa shape index (κ1) is 15.4. The summed E-state index contributed by atoms with van der Waals surface area (Å²) >= 11 is 6.90. The molecule has 1 heterocycles. The third-order valence-electron chi connectivity index (χ3n) is 3.06. The molecule has 0 saturated carbocycles. The van der Waals surface area contributed by atoms with E-state index in [1.165, 1.54) is 13.2 Å². The monoisotopic (exact) mass is 404 g/mol. The molecule has 1 aromatic carbocycles. The largest absolute Gasteiger partial charge is 0.504 e. The first-order valence-electron chi connectivity index (χ1n) is 6.01. The van der Waals surface area contributed by atoms with Crippen molar-refractivity contribution < 1.29 is 14.3 Å². The molecule has 0 bridgehead atoms. The fourth-order valence-corrected chi connectivity index (χ4v) is 2.68. The van der Waals surface area contributed by atoms with E-state index in [-0.39, 0.29) is 21.9 Å². The van der Waals surface area contributed by atoms with Crippen molar-refractivity contribution in [3.8, 4) is 11.5 Å². The normalized spacial score (nSPS) is 12.6. The van der Waals surface area contributed by atoms with Crippen LogP contribution in [0.4, 0.5) is 0 Å². The van der Waals surface area contributed by atoms with Gasteiger partial charge in [-0.05, 0) is 30.5 Å². The van der Waals surface area contributed by atoms with E-state index in [9.17, 15) is 9.90 Å². The van der Waals surface area contributed by atoms with E-state index in [0.29, 0.717) is 6.42 Å². The number of hydrogen-bond donors (Lipinski definition) is 1. The quantitative estimate of drug-likeness (QED) is 0.624. The predicted octanol–water partition coefficient (Wildman–Crippen LogP) is 3.52. The second-order valence-corrected chi connectivity index (χ2v) is 6.44. The van der Waals surface area contributed by atoms with Crippen molar-refractivity contribution in [2.75, 3.05) is 12.4 Å². The highest BCUT2D eigenvalue weighted by Crippen LogP contribution is 2.39. The minimum absolute atomic E-state index is 0.0131. The predicted molar refractivity (Wildman–Crippen MR) is 85.7 cm³/mol. The molecule has 1 atom stereocenters. The van der Waals surface area contributed by atoms with Crippen LogP contribution in [0.2, 0.25) is 0 Å². The van der Waals surface area contributed by atoms with Gasteiger partial charge in [0.25, 0.3) is 0 Å². The number of hydrogen-bond acceptors (Lipinski definition) is 4. The first-order valence-corrected chi connectivity index (χ1v) is 8.05. The van der Waals surface area contributed by atoms with Crippen LogP contribution >= 0.6 is 31.9 Å². The Morgan fingerprint density at radius 3 is 2.75 bits per heavy atom. The lowest BCUT2D eigenvalue weighted by atomic mass is 10.0. The molecular formula is C14H14Br2O4. The lowest BCUT2D eigenvalue weighted by Gasteiger charge is -2.14. The average Bonchev–Trinajstić information content (AvgIpc) is 2.40. The Balaban J connectivity index is 2.73. The van der Waals surface area contributed by atoms with Crippen LogP contribution in [0.3, 0.4) is 0 Å². The third kappa shape index (κ3) is 2.86. The molecule has 0 aliphatic carbocycles. The molecule has 0 radical (unpaired) electrons. The van der Waals surface area contributed by atoms with Gasteiger partial charge in [0.15, 0.2) is 11.3 Å². The molecule has 108 valence electrons. The van der Waals surface area contributed by atoms with Gasteiger partial charge < -0.3 is 14.3 Å². The Bertz CT molecular complexity index is 694. The second-order valence-electron chi connectivity index (χ2n) is 4.50. The van der Waals surface area contributed by atoms with Crippen LogP contribution in [0.25, 0.3) is 11.0 Å². The van der Waals surface area contributed by atoms with Crippen LogP contribution < -0.4 is 10.4 Å². The van der Waals surface area contributed by atoms with Crippen LogP contribution in [-0.4, -0.2) is 22.4 Å². The summed E-state index contributed by atoms with van der Waals surface area (Å²) in [4.78, 5) is 11.7. The minimum atomic E-state index is -0.459. The van der Waals surface area contributed by atoms with Crippen molar-refractivity contribution in [3.63, 3.8) is 0 Å². The summed E-state index contributed by atoms with van der Waals surface area (Å²) in [6.07, 6.45) is 0.627. The zero-order valence-corrected chi connectivity index (χ0v) is 14.2. The summed E-state index contributed by atoms with van der Waals surface area (Å²) in [6.45, 7) is 1.83. The number of benzene rings is 1. The van der Waals surface area contributed by atoms with Crippen LogP contribution in [0.1, 0.15) is 11.1 Å². The van der Waals surface area contributed by atoms with Gasteiger partial charge in [0.1, 0.15) is 0 Å². The molecule has 0 amide bonds. The molecule has 1 N–H and O–H groups in total. The maximum Gasteiger partial charge on any atom is 0.336 e. The Morgan fingerprint density at radius 2 is 2.15 bits per heavy atom. The van der Waals surface area contributed by atoms with Gasteiger partial charge in [0, 0.05) is 21.6 Å². The maximum absolute atomic E-state index is 11.5. The van der Waals surface area contributed by atoms with E-state index in [2.05, 4.69) is 31.9 Å². The first-order chi connectivity index (χ1) is 9.47. The smallest absolute Gasteiger partial charge is 0.336 e. The van der Waals surface area contributed by atoms with Crippen LogP contribution in [0.5, 0.6) is 11.5 Å². The Kier molecular flexibility index (Phi) is 4.75. The molecule has 1 aromatic heterocycles. The minimum Gasteiger partial charge on any atom is -0.504 e. The van der Waals surface area contributed by atoms with Crippen LogP contribution in [0.15, 0.2) is 21.3 Å². The number of aryl methyl sites for hydroxylation is 1. The van der Waals surface area contributed by atoms with Gasteiger partial charge in [-0.1, -0.05) is 31.9 Å². The topological polar surface area (TPSA) is 59.7 Å². The summed E-state index contributed by atoms with van der Waals surface area (Å²) in [5.74, 6) is 0.215. The second kappa shape index (κ2) is 6.18. The molecule has 2 rings (SSSR count). The molecule has 0 saturated heterocycles. The van der Waals surface area contributed by atoms with Crippen LogP contribution in [-0.2, 0) is 6.42 Å². The van der Waals surface area contributed by atoms with Gasteiger partial charge in [-0.2, -0.15) is 0 Å². The third-order valence-corrected chi connectivity index (χ3v) is 5.36. The maximum atomic E-state index is 11.5. The highest BCUT2D eigenvalue weighted by atomic mass is 79.9. The van der Waals surface area contributed by atoms with E-state index < -0.39 is 5.63 Å².